The number of piperazine rings is 1. The summed E-state index contributed by atoms with van der Waals surface area (Å²) in [5.74, 6) is 0.421. The number of amides is 3. The molecule has 0 saturated carbocycles. The van der Waals surface area contributed by atoms with Gasteiger partial charge in [-0.2, -0.15) is 0 Å². The van der Waals surface area contributed by atoms with Gasteiger partial charge in [-0.15, -0.1) is 0 Å². The predicted octanol–water partition coefficient (Wildman–Crippen LogP) is 5.28. The lowest BCUT2D eigenvalue weighted by Gasteiger charge is -2.43. The summed E-state index contributed by atoms with van der Waals surface area (Å²) in [6.07, 6.45) is 5.24. The standard InChI is InChI=1S/C39H44N6O3/c1-27-5-7-29(8-6-27)36-25-33(26-37(41-36)32-9-10-35-31(24-32)4-3-15-40-35)39(48)45-22-20-43(21-23-45)34-13-18-44(19-14-34)38(47)30-11-16-42(17-12-30)28(2)46/h3-10,15,24-26,30,34H,11-14,16-23H2,1-2H3. The van der Waals surface area contributed by atoms with E-state index in [1.54, 1.807) is 13.1 Å². The lowest BCUT2D eigenvalue weighted by atomic mass is 9.93. The maximum atomic E-state index is 14.0. The topological polar surface area (TPSA) is 90.0 Å². The van der Waals surface area contributed by atoms with Crippen molar-refractivity contribution in [1.82, 2.24) is 29.6 Å². The van der Waals surface area contributed by atoms with Crippen LogP contribution in [0.2, 0.25) is 0 Å². The minimum Gasteiger partial charge on any atom is -0.343 e. The second kappa shape index (κ2) is 13.8. The van der Waals surface area contributed by atoms with Crippen molar-refractivity contribution >= 4 is 28.6 Å². The monoisotopic (exact) mass is 644 g/mol. The van der Waals surface area contributed by atoms with E-state index in [9.17, 15) is 14.4 Å². The van der Waals surface area contributed by atoms with Gasteiger partial charge < -0.3 is 14.7 Å². The zero-order valence-electron chi connectivity index (χ0n) is 28.0. The maximum absolute atomic E-state index is 14.0. The van der Waals surface area contributed by atoms with Crippen molar-refractivity contribution in [1.29, 1.82) is 0 Å². The molecule has 3 aliphatic heterocycles. The number of fused-ring (bicyclic) bond motifs is 1. The second-order valence-corrected chi connectivity index (χ2v) is 13.6. The molecule has 9 heteroatoms. The van der Waals surface area contributed by atoms with Gasteiger partial charge in [0.05, 0.1) is 16.9 Å². The SMILES string of the molecule is CC(=O)N1CCC(C(=O)N2CCC(N3CCN(C(=O)c4cc(-c5ccc(C)cc5)nc(-c5ccc6ncccc6c5)c4)CC3)CC2)CC1. The lowest BCUT2D eigenvalue weighted by molar-refractivity contribution is -0.141. The number of pyridine rings is 2. The summed E-state index contributed by atoms with van der Waals surface area (Å²) in [6.45, 7) is 9.59. The smallest absolute Gasteiger partial charge is 0.254 e. The molecule has 48 heavy (non-hydrogen) atoms. The number of aromatic nitrogens is 2. The van der Waals surface area contributed by atoms with Crippen molar-refractivity contribution in [2.45, 2.75) is 45.6 Å². The molecule has 0 unspecified atom stereocenters. The maximum Gasteiger partial charge on any atom is 0.254 e. The molecule has 3 aliphatic rings. The van der Waals surface area contributed by atoms with E-state index in [2.05, 4.69) is 47.1 Å². The van der Waals surface area contributed by atoms with Crippen molar-refractivity contribution in [3.8, 4) is 22.5 Å². The highest BCUT2D eigenvalue weighted by Crippen LogP contribution is 2.29. The third-order valence-corrected chi connectivity index (χ3v) is 10.5. The molecule has 0 radical (unpaired) electrons. The number of likely N-dealkylation sites (tertiary alicyclic amines) is 2. The lowest BCUT2D eigenvalue weighted by Crippen LogP contribution is -2.55. The summed E-state index contributed by atoms with van der Waals surface area (Å²) in [4.78, 5) is 56.8. The van der Waals surface area contributed by atoms with Crippen LogP contribution in [0.5, 0.6) is 0 Å². The summed E-state index contributed by atoms with van der Waals surface area (Å²) >= 11 is 0. The van der Waals surface area contributed by atoms with Crippen molar-refractivity contribution in [2.24, 2.45) is 5.92 Å². The summed E-state index contributed by atoms with van der Waals surface area (Å²) in [6, 6.07) is 22.7. The Hall–Kier alpha value is -4.63. The van der Waals surface area contributed by atoms with E-state index in [0.29, 0.717) is 37.8 Å². The number of hydrogen-bond donors (Lipinski definition) is 0. The summed E-state index contributed by atoms with van der Waals surface area (Å²) in [5.41, 5.74) is 6.24. The number of hydrogen-bond acceptors (Lipinski definition) is 6. The first-order valence-corrected chi connectivity index (χ1v) is 17.3. The Balaban J connectivity index is 1.00. The molecule has 3 saturated heterocycles. The Kier molecular flexibility index (Phi) is 9.21. The molecule has 0 N–H and O–H groups in total. The highest BCUT2D eigenvalue weighted by Gasteiger charge is 2.34. The highest BCUT2D eigenvalue weighted by molar-refractivity contribution is 5.97. The molecule has 0 atom stereocenters. The molecule has 248 valence electrons. The highest BCUT2D eigenvalue weighted by atomic mass is 16.2. The average molecular weight is 645 g/mol. The first-order chi connectivity index (χ1) is 23.3. The van der Waals surface area contributed by atoms with Gasteiger partial charge in [0.2, 0.25) is 11.8 Å². The zero-order chi connectivity index (χ0) is 33.2. The third kappa shape index (κ3) is 6.83. The van der Waals surface area contributed by atoms with Gasteiger partial charge in [-0.25, -0.2) is 4.98 Å². The summed E-state index contributed by atoms with van der Waals surface area (Å²) < 4.78 is 0. The van der Waals surface area contributed by atoms with Crippen LogP contribution in [0.25, 0.3) is 33.4 Å². The van der Waals surface area contributed by atoms with Gasteiger partial charge in [-0.1, -0.05) is 42.0 Å². The molecule has 7 rings (SSSR count). The molecule has 0 bridgehead atoms. The van der Waals surface area contributed by atoms with Crippen LogP contribution in [0.3, 0.4) is 0 Å². The van der Waals surface area contributed by atoms with Crippen molar-refractivity contribution in [3.63, 3.8) is 0 Å². The Morgan fingerprint density at radius 2 is 1.33 bits per heavy atom. The van der Waals surface area contributed by atoms with Crippen LogP contribution in [-0.4, -0.2) is 106 Å². The molecule has 9 nitrogen and oxygen atoms in total. The Morgan fingerprint density at radius 3 is 2.02 bits per heavy atom. The van der Waals surface area contributed by atoms with Crippen LogP contribution in [0.4, 0.5) is 0 Å². The number of rotatable bonds is 5. The van der Waals surface area contributed by atoms with Crippen molar-refractivity contribution in [2.75, 3.05) is 52.4 Å². The summed E-state index contributed by atoms with van der Waals surface area (Å²) in [5, 5.41) is 1.03. The number of benzene rings is 2. The third-order valence-electron chi connectivity index (χ3n) is 10.5. The van der Waals surface area contributed by atoms with Crippen LogP contribution in [0.15, 0.2) is 72.9 Å². The van der Waals surface area contributed by atoms with Gasteiger partial charge in [0, 0.05) is 99.5 Å². The quantitative estimate of drug-likeness (QED) is 0.294. The predicted molar refractivity (Wildman–Crippen MR) is 187 cm³/mol. The van der Waals surface area contributed by atoms with E-state index < -0.39 is 0 Å². The van der Waals surface area contributed by atoms with Gasteiger partial charge in [0.1, 0.15) is 0 Å². The molecule has 0 aliphatic carbocycles. The number of piperidine rings is 2. The molecule has 0 spiro atoms. The second-order valence-electron chi connectivity index (χ2n) is 13.6. The van der Waals surface area contributed by atoms with Gasteiger partial charge in [-0.05, 0) is 62.9 Å². The molecule has 3 amide bonds. The fourth-order valence-electron chi connectivity index (χ4n) is 7.53. The number of aryl methyl sites for hydroxylation is 1. The van der Waals surface area contributed by atoms with E-state index in [1.165, 1.54) is 5.56 Å². The minimum absolute atomic E-state index is 0.0326. The van der Waals surface area contributed by atoms with Crippen LogP contribution >= 0.6 is 0 Å². The van der Waals surface area contributed by atoms with Gasteiger partial charge in [-0.3, -0.25) is 24.3 Å². The van der Waals surface area contributed by atoms with Gasteiger partial charge in [0.15, 0.2) is 0 Å². The molecular formula is C39H44N6O3. The first-order valence-electron chi connectivity index (χ1n) is 17.3. The van der Waals surface area contributed by atoms with E-state index >= 15 is 0 Å². The van der Waals surface area contributed by atoms with Crippen LogP contribution in [0.1, 0.15) is 48.5 Å². The minimum atomic E-state index is 0.0326. The normalized spacial score (nSPS) is 18.3. The Labute approximate surface area is 282 Å². The zero-order valence-corrected chi connectivity index (χ0v) is 28.0. The fourth-order valence-corrected chi connectivity index (χ4v) is 7.53. The molecular weight excluding hydrogens is 600 g/mol. The van der Waals surface area contributed by atoms with E-state index in [0.717, 1.165) is 85.3 Å². The Bertz CT molecular complexity index is 1800. The fraction of sp³-hybridized carbons (Fsp3) is 0.410. The first kappa shape index (κ1) is 31.9. The van der Waals surface area contributed by atoms with Gasteiger partial charge in [0.25, 0.3) is 5.91 Å². The number of nitrogens with zero attached hydrogens (tertiary/aromatic N) is 6. The number of carbonyl (C=O) groups is 3. The number of carbonyl (C=O) groups excluding carboxylic acids is 3. The average Bonchev–Trinajstić information content (AvgIpc) is 3.14. The molecule has 4 aromatic rings. The molecule has 2 aromatic heterocycles. The van der Waals surface area contributed by atoms with Crippen LogP contribution in [0, 0.1) is 12.8 Å². The molecule has 2 aromatic carbocycles. The van der Waals surface area contributed by atoms with Gasteiger partial charge >= 0.3 is 0 Å². The van der Waals surface area contributed by atoms with Crippen molar-refractivity contribution in [3.05, 3.63) is 84.1 Å². The van der Waals surface area contributed by atoms with Crippen LogP contribution < -0.4 is 0 Å². The largest absolute Gasteiger partial charge is 0.343 e. The van der Waals surface area contributed by atoms with Crippen LogP contribution in [-0.2, 0) is 9.59 Å². The molecule has 5 heterocycles. The van der Waals surface area contributed by atoms with E-state index in [-0.39, 0.29) is 23.6 Å². The van der Waals surface area contributed by atoms with E-state index in [4.69, 9.17) is 4.98 Å². The van der Waals surface area contributed by atoms with E-state index in [1.807, 2.05) is 51.1 Å². The Morgan fingerprint density at radius 1 is 0.688 bits per heavy atom. The van der Waals surface area contributed by atoms with Crippen molar-refractivity contribution < 1.29 is 14.4 Å². The summed E-state index contributed by atoms with van der Waals surface area (Å²) in [7, 11) is 0. The molecule has 3 fully saturated rings.